The van der Waals surface area contributed by atoms with Crippen LogP contribution < -0.4 is 4.74 Å². The lowest BCUT2D eigenvalue weighted by Gasteiger charge is -2.06. The summed E-state index contributed by atoms with van der Waals surface area (Å²) in [6.07, 6.45) is 0. The quantitative estimate of drug-likeness (QED) is 0.609. The van der Waals surface area contributed by atoms with Crippen LogP contribution in [-0.4, -0.2) is 22.1 Å². The van der Waals surface area contributed by atoms with Gasteiger partial charge in [0.05, 0.1) is 5.69 Å². The Morgan fingerprint density at radius 1 is 1.57 bits per heavy atom. The predicted octanol–water partition coefficient (Wildman–Crippen LogP) is 1.90. The molecule has 0 aliphatic carbocycles. The van der Waals surface area contributed by atoms with Crippen LogP contribution in [0.1, 0.15) is 11.4 Å². The van der Waals surface area contributed by atoms with Gasteiger partial charge in [-0.05, 0) is 19.4 Å². The lowest BCUT2D eigenvalue weighted by molar-refractivity contribution is 0.348. The first-order valence-corrected chi connectivity index (χ1v) is 5.10. The summed E-state index contributed by atoms with van der Waals surface area (Å²) >= 11 is 4.12. The van der Waals surface area contributed by atoms with Crippen molar-refractivity contribution in [2.24, 2.45) is 7.05 Å². The molecule has 0 aliphatic rings. The van der Waals surface area contributed by atoms with E-state index in [1.165, 1.54) is 0 Å². The fourth-order valence-corrected chi connectivity index (χ4v) is 1.27. The molecular weight excluding hydrogens is 196 g/mol. The van der Waals surface area contributed by atoms with Crippen molar-refractivity contribution in [1.29, 1.82) is 0 Å². The summed E-state index contributed by atoms with van der Waals surface area (Å²) in [5, 5.41) is 4.26. The fraction of sp³-hybridized carbons (Fsp3) is 0.500. The first kappa shape index (κ1) is 11.2. The second-order valence-electron chi connectivity index (χ2n) is 3.32. The van der Waals surface area contributed by atoms with Gasteiger partial charge < -0.3 is 4.74 Å². The zero-order valence-electron chi connectivity index (χ0n) is 8.87. The number of thiol groups is 1. The molecule has 1 heterocycles. The summed E-state index contributed by atoms with van der Waals surface area (Å²) < 4.78 is 7.42. The number of rotatable bonds is 4. The molecule has 3 nitrogen and oxygen atoms in total. The molecule has 14 heavy (non-hydrogen) atoms. The minimum atomic E-state index is 0.511. The summed E-state index contributed by atoms with van der Waals surface area (Å²) in [6.45, 7) is 8.26. The van der Waals surface area contributed by atoms with E-state index in [2.05, 4.69) is 24.3 Å². The van der Waals surface area contributed by atoms with Gasteiger partial charge in [0.2, 0.25) is 0 Å². The molecule has 0 N–H and O–H groups in total. The molecule has 0 atom stereocenters. The van der Waals surface area contributed by atoms with Gasteiger partial charge in [0.25, 0.3) is 0 Å². The summed E-state index contributed by atoms with van der Waals surface area (Å²) in [5.41, 5.74) is 2.92. The van der Waals surface area contributed by atoms with Gasteiger partial charge in [0, 0.05) is 12.8 Å². The van der Waals surface area contributed by atoms with Gasteiger partial charge in [-0.1, -0.05) is 6.58 Å². The van der Waals surface area contributed by atoms with Crippen LogP contribution in [0.3, 0.4) is 0 Å². The number of aryl methyl sites for hydroxylation is 2. The third kappa shape index (κ3) is 2.32. The van der Waals surface area contributed by atoms with E-state index in [1.807, 2.05) is 25.6 Å². The summed E-state index contributed by atoms with van der Waals surface area (Å²) in [5.74, 6) is 1.51. The highest BCUT2D eigenvalue weighted by Gasteiger charge is 2.10. The minimum Gasteiger partial charge on any atom is -0.485 e. The van der Waals surface area contributed by atoms with Crippen LogP contribution in [0.25, 0.3) is 0 Å². The van der Waals surface area contributed by atoms with Crippen molar-refractivity contribution in [2.75, 3.05) is 12.4 Å². The minimum absolute atomic E-state index is 0.511. The number of nitrogens with zero attached hydrogens (tertiary/aromatic N) is 2. The van der Waals surface area contributed by atoms with Crippen molar-refractivity contribution < 1.29 is 4.74 Å². The van der Waals surface area contributed by atoms with Crippen molar-refractivity contribution in [3.05, 3.63) is 23.5 Å². The van der Waals surface area contributed by atoms with E-state index >= 15 is 0 Å². The van der Waals surface area contributed by atoms with Crippen LogP contribution in [0.5, 0.6) is 5.75 Å². The first-order chi connectivity index (χ1) is 6.56. The Bertz CT molecular complexity index is 344. The fourth-order valence-electron chi connectivity index (χ4n) is 1.18. The van der Waals surface area contributed by atoms with Crippen molar-refractivity contribution in [3.8, 4) is 5.75 Å². The topological polar surface area (TPSA) is 27.1 Å². The van der Waals surface area contributed by atoms with Gasteiger partial charge in [-0.15, -0.1) is 0 Å². The van der Waals surface area contributed by atoms with Crippen LogP contribution in [0.15, 0.2) is 12.2 Å². The molecule has 0 aliphatic heterocycles. The number of hydrogen-bond donors (Lipinski definition) is 1. The molecule has 1 rings (SSSR count). The van der Waals surface area contributed by atoms with Crippen molar-refractivity contribution in [3.63, 3.8) is 0 Å². The van der Waals surface area contributed by atoms with E-state index in [0.717, 1.165) is 22.7 Å². The molecule has 0 fully saturated rings. The molecule has 0 bridgehead atoms. The molecule has 4 heteroatoms. The number of hydrogen-bond acceptors (Lipinski definition) is 3. The predicted molar refractivity (Wildman–Crippen MR) is 61.2 cm³/mol. The van der Waals surface area contributed by atoms with E-state index in [0.29, 0.717) is 12.4 Å². The second kappa shape index (κ2) is 4.55. The van der Waals surface area contributed by atoms with Gasteiger partial charge >= 0.3 is 0 Å². The maximum atomic E-state index is 5.61. The lowest BCUT2D eigenvalue weighted by Crippen LogP contribution is -2.02. The number of aromatic nitrogens is 2. The van der Waals surface area contributed by atoms with Crippen LogP contribution in [-0.2, 0) is 7.05 Å². The molecule has 0 saturated carbocycles. The van der Waals surface area contributed by atoms with Crippen LogP contribution in [0.2, 0.25) is 0 Å². The Hall–Kier alpha value is -0.900. The van der Waals surface area contributed by atoms with Gasteiger partial charge in [-0.3, -0.25) is 4.68 Å². The van der Waals surface area contributed by atoms with Crippen molar-refractivity contribution in [2.45, 2.75) is 13.8 Å². The Morgan fingerprint density at radius 2 is 2.21 bits per heavy atom. The molecule has 1 aromatic rings. The summed E-state index contributed by atoms with van der Waals surface area (Å²) in [7, 11) is 1.91. The summed E-state index contributed by atoms with van der Waals surface area (Å²) in [6, 6.07) is 0. The van der Waals surface area contributed by atoms with Gasteiger partial charge in [0.15, 0.2) is 5.75 Å². The third-order valence-corrected chi connectivity index (χ3v) is 2.53. The van der Waals surface area contributed by atoms with Gasteiger partial charge in [-0.2, -0.15) is 17.7 Å². The highest BCUT2D eigenvalue weighted by Crippen LogP contribution is 2.21. The Kier molecular flexibility index (Phi) is 3.63. The second-order valence-corrected chi connectivity index (χ2v) is 3.64. The Morgan fingerprint density at radius 3 is 2.64 bits per heavy atom. The molecule has 0 radical (unpaired) electrons. The lowest BCUT2D eigenvalue weighted by atomic mass is 10.3. The van der Waals surface area contributed by atoms with Gasteiger partial charge in [0.1, 0.15) is 12.3 Å². The SMILES string of the molecule is C=C(CS)COc1c(C)nn(C)c1C. The average Bonchev–Trinajstić information content (AvgIpc) is 2.39. The number of ether oxygens (including phenoxy) is 1. The van der Waals surface area contributed by atoms with Crippen LogP contribution in [0, 0.1) is 13.8 Å². The van der Waals surface area contributed by atoms with E-state index in [4.69, 9.17) is 4.74 Å². The van der Waals surface area contributed by atoms with E-state index in [9.17, 15) is 0 Å². The zero-order chi connectivity index (χ0) is 10.7. The monoisotopic (exact) mass is 212 g/mol. The highest BCUT2D eigenvalue weighted by atomic mass is 32.1. The Labute approximate surface area is 90.2 Å². The van der Waals surface area contributed by atoms with Crippen LogP contribution in [0.4, 0.5) is 0 Å². The molecule has 1 aromatic heterocycles. The van der Waals surface area contributed by atoms with Crippen molar-refractivity contribution >= 4 is 12.6 Å². The maximum Gasteiger partial charge on any atom is 0.163 e. The molecule has 0 aromatic carbocycles. The molecule has 78 valence electrons. The molecule has 0 unspecified atom stereocenters. The van der Waals surface area contributed by atoms with Crippen LogP contribution >= 0.6 is 12.6 Å². The molecule has 0 amide bonds. The smallest absolute Gasteiger partial charge is 0.163 e. The van der Waals surface area contributed by atoms with E-state index < -0.39 is 0 Å². The summed E-state index contributed by atoms with van der Waals surface area (Å²) in [4.78, 5) is 0. The van der Waals surface area contributed by atoms with Gasteiger partial charge in [-0.25, -0.2) is 0 Å². The van der Waals surface area contributed by atoms with Crippen molar-refractivity contribution in [1.82, 2.24) is 9.78 Å². The zero-order valence-corrected chi connectivity index (χ0v) is 9.77. The normalized spacial score (nSPS) is 10.3. The standard InChI is InChI=1S/C10H16N2OS/c1-7(6-14)5-13-10-8(2)11-12(4)9(10)3/h14H,1,5-6H2,2-4H3. The molecule has 0 saturated heterocycles. The Balaban J connectivity index is 2.71. The molecule has 0 spiro atoms. The molecular formula is C10H16N2OS. The third-order valence-electron chi connectivity index (χ3n) is 2.09. The first-order valence-electron chi connectivity index (χ1n) is 4.46. The largest absolute Gasteiger partial charge is 0.485 e. The maximum absolute atomic E-state index is 5.61. The van der Waals surface area contributed by atoms with E-state index in [-0.39, 0.29) is 0 Å². The highest BCUT2D eigenvalue weighted by molar-refractivity contribution is 7.80. The average molecular weight is 212 g/mol. The van der Waals surface area contributed by atoms with E-state index in [1.54, 1.807) is 0 Å².